The molecule has 7 nitrogen and oxygen atoms in total. The van der Waals surface area contributed by atoms with Gasteiger partial charge in [-0.3, -0.25) is 9.59 Å². The van der Waals surface area contributed by atoms with E-state index in [9.17, 15) is 19.8 Å². The molecular weight excluding hydrogens is 420 g/mol. The Kier molecular flexibility index (Phi) is 6.87. The first-order valence-corrected chi connectivity index (χ1v) is 10.2. The lowest BCUT2D eigenvalue weighted by atomic mass is 9.95. The van der Waals surface area contributed by atoms with Gasteiger partial charge in [0.15, 0.2) is 0 Å². The Hall–Kier alpha value is -3.03. The number of rotatable bonds is 7. The molecule has 0 radical (unpaired) electrons. The third kappa shape index (κ3) is 4.68. The van der Waals surface area contributed by atoms with Gasteiger partial charge in [-0.05, 0) is 63.0 Å². The Labute approximate surface area is 186 Å². The summed E-state index contributed by atoms with van der Waals surface area (Å²) in [5.74, 6) is -1.67. The molecule has 2 N–H and O–H groups in total. The summed E-state index contributed by atoms with van der Waals surface area (Å²) in [6, 6.07) is 10.3. The summed E-state index contributed by atoms with van der Waals surface area (Å²) >= 11 is 6.02. The molecule has 0 spiro atoms. The molecule has 1 heterocycles. The maximum atomic E-state index is 13.0. The molecule has 1 unspecified atom stereocenters. The lowest BCUT2D eigenvalue weighted by Gasteiger charge is -2.26. The molecule has 0 aromatic heterocycles. The van der Waals surface area contributed by atoms with Crippen LogP contribution in [0.3, 0.4) is 0 Å². The first-order chi connectivity index (χ1) is 14.7. The highest BCUT2D eigenvalue weighted by Gasteiger charge is 2.46. The predicted octanol–water partition coefficient (Wildman–Crippen LogP) is 3.43. The maximum Gasteiger partial charge on any atom is 0.295 e. The second-order valence-corrected chi connectivity index (χ2v) is 8.02. The number of hydrogen-bond donors (Lipinski definition) is 2. The smallest absolute Gasteiger partial charge is 0.295 e. The second kappa shape index (κ2) is 9.41. The molecule has 1 fully saturated rings. The van der Waals surface area contributed by atoms with Gasteiger partial charge < -0.3 is 24.7 Å². The van der Waals surface area contributed by atoms with Crippen LogP contribution in [-0.4, -0.2) is 66.0 Å². The fourth-order valence-corrected chi connectivity index (χ4v) is 3.84. The summed E-state index contributed by atoms with van der Waals surface area (Å²) in [6.07, 6.45) is 0.642. The Morgan fingerprint density at radius 3 is 2.61 bits per heavy atom. The van der Waals surface area contributed by atoms with Gasteiger partial charge in [-0.2, -0.15) is 0 Å². The van der Waals surface area contributed by atoms with Crippen molar-refractivity contribution < 1.29 is 24.5 Å². The van der Waals surface area contributed by atoms with Gasteiger partial charge in [-0.1, -0.05) is 23.7 Å². The molecule has 2 aromatic carbocycles. The third-order valence-electron chi connectivity index (χ3n) is 5.17. The van der Waals surface area contributed by atoms with Crippen molar-refractivity contribution in [3.05, 3.63) is 64.2 Å². The normalized spacial score (nSPS) is 18.1. The van der Waals surface area contributed by atoms with Crippen molar-refractivity contribution in [2.75, 3.05) is 34.3 Å². The SMILES string of the molecule is COc1cccc(C2C(=C(O)c3cc(Cl)ccc3O)C(=O)C(=O)N2CCCN(C)C)c1. The summed E-state index contributed by atoms with van der Waals surface area (Å²) in [4.78, 5) is 29.4. The van der Waals surface area contributed by atoms with E-state index in [0.29, 0.717) is 24.3 Å². The quantitative estimate of drug-likeness (QED) is 0.386. The number of phenolic OH excluding ortho intramolecular Hbond substituents is 1. The molecule has 31 heavy (non-hydrogen) atoms. The number of amides is 1. The van der Waals surface area contributed by atoms with Crippen LogP contribution in [-0.2, 0) is 9.59 Å². The second-order valence-electron chi connectivity index (χ2n) is 7.59. The highest BCUT2D eigenvalue weighted by molar-refractivity contribution is 6.46. The Morgan fingerprint density at radius 1 is 1.19 bits per heavy atom. The fourth-order valence-electron chi connectivity index (χ4n) is 3.67. The number of aliphatic hydroxyl groups excluding tert-OH is 1. The number of Topliss-reactive ketones (excluding diaryl/α,β-unsaturated/α-hetero) is 1. The number of methoxy groups -OCH3 is 1. The number of carbonyl (C=O) groups is 2. The number of hydrogen-bond acceptors (Lipinski definition) is 6. The van der Waals surface area contributed by atoms with Crippen molar-refractivity contribution in [1.82, 2.24) is 9.80 Å². The zero-order valence-corrected chi connectivity index (χ0v) is 18.4. The fraction of sp³-hybridized carbons (Fsp3) is 0.304. The van der Waals surface area contributed by atoms with Crippen LogP contribution in [0.1, 0.15) is 23.6 Å². The van der Waals surface area contributed by atoms with E-state index in [1.165, 1.54) is 30.2 Å². The average molecular weight is 445 g/mol. The van der Waals surface area contributed by atoms with E-state index in [1.54, 1.807) is 24.3 Å². The number of aliphatic hydroxyl groups is 1. The van der Waals surface area contributed by atoms with Gasteiger partial charge in [-0.15, -0.1) is 0 Å². The Balaban J connectivity index is 2.15. The average Bonchev–Trinajstić information content (AvgIpc) is 2.99. The molecule has 0 aliphatic carbocycles. The zero-order valence-electron chi connectivity index (χ0n) is 17.6. The number of phenols is 1. The first-order valence-electron chi connectivity index (χ1n) is 9.80. The van der Waals surface area contributed by atoms with Crippen LogP contribution in [0, 0.1) is 0 Å². The van der Waals surface area contributed by atoms with Gasteiger partial charge in [0.1, 0.15) is 17.3 Å². The van der Waals surface area contributed by atoms with Crippen LogP contribution in [0.25, 0.3) is 5.76 Å². The van der Waals surface area contributed by atoms with E-state index < -0.39 is 23.5 Å². The van der Waals surface area contributed by atoms with E-state index in [-0.39, 0.29) is 21.9 Å². The number of ketones is 1. The number of halogens is 1. The van der Waals surface area contributed by atoms with Crippen LogP contribution in [0.15, 0.2) is 48.0 Å². The van der Waals surface area contributed by atoms with Crippen LogP contribution in [0.4, 0.5) is 0 Å². The van der Waals surface area contributed by atoms with Crippen LogP contribution in [0.5, 0.6) is 11.5 Å². The van der Waals surface area contributed by atoms with E-state index >= 15 is 0 Å². The van der Waals surface area contributed by atoms with Gasteiger partial charge in [0.05, 0.1) is 24.3 Å². The van der Waals surface area contributed by atoms with Crippen molar-refractivity contribution in [3.63, 3.8) is 0 Å². The zero-order chi connectivity index (χ0) is 22.7. The van der Waals surface area contributed by atoms with Crippen molar-refractivity contribution in [3.8, 4) is 11.5 Å². The molecule has 8 heteroatoms. The third-order valence-corrected chi connectivity index (χ3v) is 5.40. The van der Waals surface area contributed by atoms with Gasteiger partial charge in [-0.25, -0.2) is 0 Å². The molecule has 1 aliphatic heterocycles. The topological polar surface area (TPSA) is 90.3 Å². The van der Waals surface area contributed by atoms with Crippen molar-refractivity contribution in [1.29, 1.82) is 0 Å². The summed E-state index contributed by atoms with van der Waals surface area (Å²) in [7, 11) is 5.38. The summed E-state index contributed by atoms with van der Waals surface area (Å²) < 4.78 is 5.30. The van der Waals surface area contributed by atoms with Crippen molar-refractivity contribution in [2.45, 2.75) is 12.5 Å². The molecule has 0 bridgehead atoms. The van der Waals surface area contributed by atoms with Crippen LogP contribution >= 0.6 is 11.6 Å². The largest absolute Gasteiger partial charge is 0.507 e. The predicted molar refractivity (Wildman–Crippen MR) is 118 cm³/mol. The van der Waals surface area contributed by atoms with Crippen LogP contribution in [0.2, 0.25) is 5.02 Å². The summed E-state index contributed by atoms with van der Waals surface area (Å²) in [6.45, 7) is 1.05. The first kappa shape index (κ1) is 22.7. The summed E-state index contributed by atoms with van der Waals surface area (Å²) in [5, 5.41) is 21.5. The number of aromatic hydroxyl groups is 1. The number of ether oxygens (including phenoxy) is 1. The van der Waals surface area contributed by atoms with Crippen molar-refractivity contribution >= 4 is 29.1 Å². The van der Waals surface area contributed by atoms with Crippen LogP contribution < -0.4 is 4.74 Å². The highest BCUT2D eigenvalue weighted by Crippen LogP contribution is 2.41. The molecule has 1 aliphatic rings. The minimum absolute atomic E-state index is 0.00770. The molecule has 1 saturated heterocycles. The number of nitrogens with zero attached hydrogens (tertiary/aromatic N) is 2. The van der Waals surface area contributed by atoms with E-state index in [0.717, 1.165) is 6.54 Å². The standard InChI is InChI=1S/C23H25ClN2O5/c1-25(2)10-5-11-26-20(14-6-4-7-16(12-14)31-3)19(22(29)23(26)30)21(28)17-13-15(24)8-9-18(17)27/h4,6-9,12-13,20,27-28H,5,10-11H2,1-3H3. The monoisotopic (exact) mass is 444 g/mol. The Morgan fingerprint density at radius 2 is 1.94 bits per heavy atom. The maximum absolute atomic E-state index is 13.0. The minimum atomic E-state index is -0.823. The van der Waals surface area contributed by atoms with Gasteiger partial charge in [0.2, 0.25) is 0 Å². The van der Waals surface area contributed by atoms with Gasteiger partial charge in [0.25, 0.3) is 11.7 Å². The molecule has 164 valence electrons. The van der Waals surface area contributed by atoms with E-state index in [2.05, 4.69) is 0 Å². The summed E-state index contributed by atoms with van der Waals surface area (Å²) in [5.41, 5.74) is 0.513. The number of carbonyl (C=O) groups excluding carboxylic acids is 2. The minimum Gasteiger partial charge on any atom is -0.507 e. The van der Waals surface area contributed by atoms with Crippen molar-refractivity contribution in [2.24, 2.45) is 0 Å². The molecule has 1 atom stereocenters. The lowest BCUT2D eigenvalue weighted by molar-refractivity contribution is -0.139. The number of benzene rings is 2. The van der Waals surface area contributed by atoms with Gasteiger partial charge in [0, 0.05) is 11.6 Å². The Bertz CT molecular complexity index is 1030. The number of likely N-dealkylation sites (tertiary alicyclic amines) is 1. The molecular formula is C23H25ClN2O5. The van der Waals surface area contributed by atoms with E-state index in [1.807, 2.05) is 19.0 Å². The lowest BCUT2D eigenvalue weighted by Crippen LogP contribution is -2.32. The molecule has 1 amide bonds. The molecule has 2 aromatic rings. The molecule has 3 rings (SSSR count). The highest BCUT2D eigenvalue weighted by atomic mass is 35.5. The molecule has 0 saturated carbocycles. The van der Waals surface area contributed by atoms with E-state index in [4.69, 9.17) is 16.3 Å². The van der Waals surface area contributed by atoms with Gasteiger partial charge >= 0.3 is 0 Å².